The fourth-order valence-corrected chi connectivity index (χ4v) is 5.13. The van der Waals surface area contributed by atoms with Crippen molar-refractivity contribution in [3.8, 4) is 22.4 Å². The molecule has 7 heteroatoms. The van der Waals surface area contributed by atoms with Crippen molar-refractivity contribution in [3.63, 3.8) is 0 Å². The highest BCUT2D eigenvalue weighted by atomic mass is 16.6. The number of carbonyl (C=O) groups is 2. The van der Waals surface area contributed by atoms with Crippen LogP contribution in [0, 0.1) is 0 Å². The summed E-state index contributed by atoms with van der Waals surface area (Å²) in [5, 5.41) is 2.92. The van der Waals surface area contributed by atoms with Gasteiger partial charge in [0.1, 0.15) is 23.3 Å². The van der Waals surface area contributed by atoms with Gasteiger partial charge in [0.25, 0.3) is 0 Å². The molecule has 0 spiro atoms. The molecule has 0 bridgehead atoms. The minimum atomic E-state index is -0.555. The minimum Gasteiger partial charge on any atom is -0.468 e. The van der Waals surface area contributed by atoms with Crippen LogP contribution < -0.4 is 5.32 Å². The van der Waals surface area contributed by atoms with Gasteiger partial charge in [0.2, 0.25) is 0 Å². The molecule has 6 rings (SSSR count). The number of nitrogens with zero attached hydrogens (tertiary/aromatic N) is 2. The highest BCUT2D eigenvalue weighted by molar-refractivity contribution is 5.91. The second kappa shape index (κ2) is 10.3. The van der Waals surface area contributed by atoms with Crippen LogP contribution in [0.1, 0.15) is 37.0 Å². The number of hydrogen-bond donors (Lipinski definition) is 1. The predicted octanol–water partition coefficient (Wildman–Crippen LogP) is 7.18. The lowest BCUT2D eigenvalue weighted by atomic mass is 9.93. The third-order valence-electron chi connectivity index (χ3n) is 7.56. The van der Waals surface area contributed by atoms with Gasteiger partial charge in [-0.15, -0.1) is 0 Å². The molecular formula is C33H29N3O4. The Morgan fingerprint density at radius 2 is 1.48 bits per heavy atom. The average Bonchev–Trinajstić information content (AvgIpc) is 3.74. The first kappa shape index (κ1) is 25.4. The van der Waals surface area contributed by atoms with Gasteiger partial charge in [-0.3, -0.25) is 14.5 Å². The maximum atomic E-state index is 12.9. The first-order valence-corrected chi connectivity index (χ1v) is 13.3. The summed E-state index contributed by atoms with van der Waals surface area (Å²) in [5.41, 5.74) is 5.72. The zero-order valence-electron chi connectivity index (χ0n) is 22.3. The molecule has 200 valence electrons. The number of ether oxygens (including phenoxy) is 2. The Kier molecular flexibility index (Phi) is 6.56. The summed E-state index contributed by atoms with van der Waals surface area (Å²) in [6.07, 6.45) is 2.54. The van der Waals surface area contributed by atoms with E-state index in [1.54, 1.807) is 0 Å². The van der Waals surface area contributed by atoms with E-state index in [1.807, 2.05) is 115 Å². The maximum Gasteiger partial charge on any atom is 0.413 e. The van der Waals surface area contributed by atoms with E-state index < -0.39 is 17.6 Å². The number of nitrogens with one attached hydrogen (secondary N) is 1. The number of hydrogen-bond acceptors (Lipinski definition) is 5. The molecule has 0 unspecified atom stereocenters. The molecule has 7 nitrogen and oxygen atoms in total. The minimum absolute atomic E-state index is 0.167. The predicted molar refractivity (Wildman–Crippen MR) is 154 cm³/mol. The van der Waals surface area contributed by atoms with E-state index in [4.69, 9.17) is 14.5 Å². The van der Waals surface area contributed by atoms with Crippen molar-refractivity contribution < 1.29 is 19.1 Å². The summed E-state index contributed by atoms with van der Waals surface area (Å²) in [4.78, 5) is 30.0. The van der Waals surface area contributed by atoms with Crippen molar-refractivity contribution >= 4 is 23.5 Å². The number of imidazole rings is 1. The van der Waals surface area contributed by atoms with E-state index in [9.17, 15) is 9.59 Å². The average molecular weight is 532 g/mol. The maximum absolute atomic E-state index is 12.9. The molecule has 3 aromatic carbocycles. The van der Waals surface area contributed by atoms with Crippen molar-refractivity contribution in [2.75, 3.05) is 12.4 Å². The number of anilines is 1. The second-order valence-electron chi connectivity index (χ2n) is 10.0. The third-order valence-corrected chi connectivity index (χ3v) is 7.56. The lowest BCUT2D eigenvalue weighted by molar-refractivity contribution is -0.143. The fraction of sp³-hybridized carbons (Fsp3) is 0.182. The van der Waals surface area contributed by atoms with Gasteiger partial charge in [-0.1, -0.05) is 84.9 Å². The lowest BCUT2D eigenvalue weighted by Crippen LogP contribution is -2.21. The monoisotopic (exact) mass is 531 g/mol. The number of rotatable bonds is 7. The molecule has 2 heterocycles. The summed E-state index contributed by atoms with van der Waals surface area (Å²) >= 11 is 0. The Bertz CT molecular complexity index is 1670. The van der Waals surface area contributed by atoms with Crippen LogP contribution in [0.2, 0.25) is 0 Å². The Morgan fingerprint density at radius 1 is 0.850 bits per heavy atom. The quantitative estimate of drug-likeness (QED) is 0.225. The van der Waals surface area contributed by atoms with Gasteiger partial charge in [-0.25, -0.2) is 9.78 Å². The van der Waals surface area contributed by atoms with Crippen LogP contribution in [-0.4, -0.2) is 28.6 Å². The second-order valence-corrected chi connectivity index (χ2v) is 10.0. The molecule has 2 aromatic heterocycles. The number of esters is 1. The van der Waals surface area contributed by atoms with Crippen LogP contribution in [-0.2, 0) is 19.7 Å². The number of methoxy groups -OCH3 is 1. The number of pyridine rings is 1. The molecule has 1 saturated carbocycles. The molecule has 0 radical (unpaired) electrons. The largest absolute Gasteiger partial charge is 0.468 e. The first-order chi connectivity index (χ1) is 19.5. The summed E-state index contributed by atoms with van der Waals surface area (Å²) < 4.78 is 12.5. The van der Waals surface area contributed by atoms with Crippen LogP contribution >= 0.6 is 0 Å². The zero-order valence-corrected chi connectivity index (χ0v) is 22.3. The number of fused-ring (bicyclic) bond motifs is 1. The Morgan fingerprint density at radius 3 is 2.12 bits per heavy atom. The fourth-order valence-electron chi connectivity index (χ4n) is 5.13. The summed E-state index contributed by atoms with van der Waals surface area (Å²) in [6.45, 7) is 1.84. The van der Waals surface area contributed by atoms with Crippen molar-refractivity contribution in [1.29, 1.82) is 0 Å². The number of carbonyl (C=O) groups excluding carboxylic acids is 2. The van der Waals surface area contributed by atoms with E-state index in [0.717, 1.165) is 40.7 Å². The highest BCUT2D eigenvalue weighted by Crippen LogP contribution is 2.49. The van der Waals surface area contributed by atoms with Gasteiger partial charge in [0, 0.05) is 11.8 Å². The van der Waals surface area contributed by atoms with Crippen LogP contribution in [0.4, 0.5) is 10.6 Å². The molecule has 0 saturated heterocycles. The van der Waals surface area contributed by atoms with Crippen molar-refractivity contribution in [3.05, 3.63) is 114 Å². The van der Waals surface area contributed by atoms with E-state index in [1.165, 1.54) is 7.11 Å². The number of benzene rings is 3. The van der Waals surface area contributed by atoms with Crippen LogP contribution in [0.3, 0.4) is 0 Å². The molecule has 40 heavy (non-hydrogen) atoms. The Balaban J connectivity index is 1.25. The summed E-state index contributed by atoms with van der Waals surface area (Å²) in [5.74, 6) is 0.371. The summed E-state index contributed by atoms with van der Waals surface area (Å²) in [6, 6.07) is 31.4. The van der Waals surface area contributed by atoms with Crippen LogP contribution in [0.5, 0.6) is 0 Å². The van der Waals surface area contributed by atoms with Gasteiger partial charge in [-0.2, -0.15) is 0 Å². The van der Waals surface area contributed by atoms with Crippen molar-refractivity contribution in [1.82, 2.24) is 9.38 Å². The molecule has 1 N–H and O–H groups in total. The van der Waals surface area contributed by atoms with E-state index in [2.05, 4.69) is 5.32 Å². The number of amides is 1. The van der Waals surface area contributed by atoms with Gasteiger partial charge in [-0.05, 0) is 54.2 Å². The first-order valence-electron chi connectivity index (χ1n) is 13.3. The topological polar surface area (TPSA) is 81.9 Å². The van der Waals surface area contributed by atoms with Gasteiger partial charge < -0.3 is 9.47 Å². The van der Waals surface area contributed by atoms with Crippen LogP contribution in [0.25, 0.3) is 28.0 Å². The standard InChI is InChI=1S/C33H29N3O4/c1-22(23-8-4-3-5-9-23)40-32(38)35-30-29(34-28-10-6-7-21-36(28)30)26-13-11-24(12-14-26)25-15-17-27(18-16-25)33(19-20-33)31(37)39-2/h3-18,21-22H,19-20H2,1-2H3,(H,35,38)/t22-/m1/s1. The highest BCUT2D eigenvalue weighted by Gasteiger charge is 2.52. The van der Waals surface area contributed by atoms with Crippen molar-refractivity contribution in [2.24, 2.45) is 0 Å². The van der Waals surface area contributed by atoms with Gasteiger partial charge >= 0.3 is 12.1 Å². The van der Waals surface area contributed by atoms with E-state index in [-0.39, 0.29) is 5.97 Å². The molecule has 1 aliphatic carbocycles. The van der Waals surface area contributed by atoms with Crippen LogP contribution in [0.15, 0.2) is 103 Å². The molecule has 1 amide bonds. The molecular weight excluding hydrogens is 502 g/mol. The third kappa shape index (κ3) is 4.71. The van der Waals surface area contributed by atoms with Gasteiger partial charge in [0.05, 0.1) is 12.5 Å². The molecule has 5 aromatic rings. The van der Waals surface area contributed by atoms with Crippen molar-refractivity contribution in [2.45, 2.75) is 31.3 Å². The molecule has 1 aliphatic rings. The smallest absolute Gasteiger partial charge is 0.413 e. The lowest BCUT2D eigenvalue weighted by Gasteiger charge is -2.15. The van der Waals surface area contributed by atoms with E-state index >= 15 is 0 Å². The molecule has 0 aliphatic heterocycles. The SMILES string of the molecule is COC(=O)C1(c2ccc(-c3ccc(-c4nc5ccccn5c4NC(=O)O[C@H](C)c4ccccc4)cc3)cc2)CC1. The normalized spacial score (nSPS) is 14.3. The molecule has 1 fully saturated rings. The summed E-state index contributed by atoms with van der Waals surface area (Å²) in [7, 11) is 1.44. The zero-order chi connectivity index (χ0) is 27.7. The Hall–Kier alpha value is -4.91. The van der Waals surface area contributed by atoms with Gasteiger partial charge in [0.15, 0.2) is 0 Å². The Labute approximate surface area is 232 Å². The van der Waals surface area contributed by atoms with E-state index in [0.29, 0.717) is 17.2 Å². The molecule has 1 atom stereocenters. The number of aromatic nitrogens is 2.